The molecule has 170 valence electrons. The Kier molecular flexibility index (Phi) is 7.29. The molecule has 0 bridgehead atoms. The second kappa shape index (κ2) is 9.75. The number of ether oxygens (including phenoxy) is 2. The lowest BCUT2D eigenvalue weighted by molar-refractivity contribution is -0.192. The van der Waals surface area contributed by atoms with Crippen molar-refractivity contribution in [3.63, 3.8) is 0 Å². The number of aromatic nitrogens is 3. The van der Waals surface area contributed by atoms with Crippen molar-refractivity contribution in [2.45, 2.75) is 43.9 Å². The van der Waals surface area contributed by atoms with E-state index in [1.54, 1.807) is 6.20 Å². The van der Waals surface area contributed by atoms with Crippen LogP contribution in [0.25, 0.3) is 0 Å². The van der Waals surface area contributed by atoms with Gasteiger partial charge in [-0.2, -0.15) is 13.2 Å². The second-order valence-corrected chi connectivity index (χ2v) is 7.71. The Morgan fingerprint density at radius 1 is 1.42 bits per heavy atom. The quantitative estimate of drug-likeness (QED) is 0.761. The van der Waals surface area contributed by atoms with Gasteiger partial charge >= 0.3 is 12.1 Å². The molecular weight excluding hydrogens is 417 g/mol. The van der Waals surface area contributed by atoms with Gasteiger partial charge in [0, 0.05) is 51.3 Å². The third kappa shape index (κ3) is 6.49. The van der Waals surface area contributed by atoms with Gasteiger partial charge in [0.1, 0.15) is 5.82 Å². The molecule has 2 atom stereocenters. The van der Waals surface area contributed by atoms with Gasteiger partial charge in [0.25, 0.3) is 0 Å². The van der Waals surface area contributed by atoms with Crippen LogP contribution < -0.4 is 0 Å². The summed E-state index contributed by atoms with van der Waals surface area (Å²) in [5.41, 5.74) is 1.08. The number of nitrogens with zero attached hydrogens (tertiary/aromatic N) is 4. The van der Waals surface area contributed by atoms with Gasteiger partial charge in [-0.25, -0.2) is 9.78 Å². The van der Waals surface area contributed by atoms with E-state index >= 15 is 0 Å². The summed E-state index contributed by atoms with van der Waals surface area (Å²) in [6.07, 6.45) is 4.64. The number of pyridine rings is 1. The number of carboxylic acids is 1. The SMILES string of the molecule is Cn1ccnc1CN1CCC2(CC(OCc3cccnc3)CO2)C1.O=C(O)C(F)(F)F. The molecule has 2 aliphatic rings. The molecular formula is C20H25F3N4O4. The van der Waals surface area contributed by atoms with Crippen LogP contribution in [-0.4, -0.2) is 68.1 Å². The van der Waals surface area contributed by atoms with E-state index in [1.807, 2.05) is 37.8 Å². The highest BCUT2D eigenvalue weighted by Gasteiger charge is 2.46. The third-order valence-corrected chi connectivity index (χ3v) is 5.31. The summed E-state index contributed by atoms with van der Waals surface area (Å²) >= 11 is 0. The van der Waals surface area contributed by atoms with Gasteiger partial charge in [-0.1, -0.05) is 6.07 Å². The van der Waals surface area contributed by atoms with E-state index < -0.39 is 12.1 Å². The van der Waals surface area contributed by atoms with Gasteiger partial charge in [-0.05, 0) is 18.1 Å². The number of aliphatic carboxylic acids is 1. The highest BCUT2D eigenvalue weighted by atomic mass is 19.4. The number of carboxylic acid groups (broad SMARTS) is 1. The van der Waals surface area contributed by atoms with Crippen LogP contribution in [0.15, 0.2) is 36.9 Å². The first kappa shape index (κ1) is 23.2. The molecule has 11 heteroatoms. The van der Waals surface area contributed by atoms with Crippen molar-refractivity contribution in [2.24, 2.45) is 7.05 Å². The minimum atomic E-state index is -5.08. The molecule has 2 aromatic rings. The van der Waals surface area contributed by atoms with E-state index in [-0.39, 0.29) is 11.7 Å². The molecule has 0 amide bonds. The van der Waals surface area contributed by atoms with Gasteiger partial charge in [0.15, 0.2) is 0 Å². The van der Waals surface area contributed by atoms with Gasteiger partial charge in [0.05, 0.1) is 31.5 Å². The Hall–Kier alpha value is -2.50. The predicted octanol–water partition coefficient (Wildman–Crippen LogP) is 2.40. The average molecular weight is 442 g/mol. The number of imidazole rings is 1. The molecule has 0 aromatic carbocycles. The molecule has 1 spiro atoms. The van der Waals surface area contributed by atoms with Gasteiger partial charge in [-0.15, -0.1) is 0 Å². The smallest absolute Gasteiger partial charge is 0.475 e. The maximum atomic E-state index is 10.6. The molecule has 2 fully saturated rings. The van der Waals surface area contributed by atoms with Crippen molar-refractivity contribution in [2.75, 3.05) is 19.7 Å². The summed E-state index contributed by atoms with van der Waals surface area (Å²) in [6.45, 7) is 4.20. The number of carbonyl (C=O) groups is 1. The zero-order valence-electron chi connectivity index (χ0n) is 17.1. The maximum absolute atomic E-state index is 10.6. The van der Waals surface area contributed by atoms with Crippen LogP contribution in [0.4, 0.5) is 13.2 Å². The van der Waals surface area contributed by atoms with Crippen LogP contribution >= 0.6 is 0 Å². The van der Waals surface area contributed by atoms with E-state index in [0.29, 0.717) is 13.2 Å². The van der Waals surface area contributed by atoms with Crippen LogP contribution in [0, 0.1) is 0 Å². The first-order valence-electron chi connectivity index (χ1n) is 9.80. The summed E-state index contributed by atoms with van der Waals surface area (Å²) in [6, 6.07) is 3.99. The first-order chi connectivity index (χ1) is 14.7. The molecule has 2 aliphatic heterocycles. The van der Waals surface area contributed by atoms with Crippen LogP contribution in [0.5, 0.6) is 0 Å². The number of alkyl halides is 3. The number of rotatable bonds is 5. The highest BCUT2D eigenvalue weighted by molar-refractivity contribution is 5.73. The summed E-state index contributed by atoms with van der Waals surface area (Å²) in [5.74, 6) is -1.65. The van der Waals surface area contributed by atoms with Gasteiger partial charge in [0.2, 0.25) is 0 Å². The maximum Gasteiger partial charge on any atom is 0.490 e. The standard InChI is InChI=1S/C18H24N4O2.C2HF3O2/c1-21-8-6-20-17(21)11-22-7-4-18(14-22)9-16(13-24-18)23-12-15-3-2-5-19-10-15;3-2(4,5)1(6)7/h2-3,5-6,8,10,16H,4,7,9,11-14H2,1H3;(H,6,7). The van der Waals surface area contributed by atoms with Crippen molar-refractivity contribution in [1.82, 2.24) is 19.4 Å². The molecule has 0 aliphatic carbocycles. The number of aryl methyl sites for hydroxylation is 1. The summed E-state index contributed by atoms with van der Waals surface area (Å²) in [5, 5.41) is 7.12. The Balaban J connectivity index is 0.000000339. The summed E-state index contributed by atoms with van der Waals surface area (Å²) in [4.78, 5) is 19.9. The number of hydrogen-bond acceptors (Lipinski definition) is 6. The fourth-order valence-corrected chi connectivity index (χ4v) is 3.70. The average Bonchev–Trinajstić information content (AvgIpc) is 3.43. The van der Waals surface area contributed by atoms with Crippen molar-refractivity contribution in [1.29, 1.82) is 0 Å². The Bertz CT molecular complexity index is 862. The fraction of sp³-hybridized carbons (Fsp3) is 0.550. The summed E-state index contributed by atoms with van der Waals surface area (Å²) < 4.78 is 46.0. The van der Waals surface area contributed by atoms with Crippen molar-refractivity contribution in [3.8, 4) is 0 Å². The van der Waals surface area contributed by atoms with Crippen LogP contribution in [0.1, 0.15) is 24.2 Å². The van der Waals surface area contributed by atoms with Crippen molar-refractivity contribution >= 4 is 5.97 Å². The molecule has 2 saturated heterocycles. The first-order valence-corrected chi connectivity index (χ1v) is 9.80. The van der Waals surface area contributed by atoms with Crippen molar-refractivity contribution < 1.29 is 32.5 Å². The Labute approximate surface area is 177 Å². The molecule has 2 aromatic heterocycles. The van der Waals surface area contributed by atoms with E-state index in [1.165, 1.54) is 0 Å². The van der Waals surface area contributed by atoms with E-state index in [0.717, 1.165) is 43.9 Å². The van der Waals surface area contributed by atoms with Crippen molar-refractivity contribution in [3.05, 3.63) is 48.3 Å². The molecule has 0 radical (unpaired) electrons. The lowest BCUT2D eigenvalue weighted by Crippen LogP contribution is -2.33. The second-order valence-electron chi connectivity index (χ2n) is 7.71. The number of halogens is 3. The molecule has 2 unspecified atom stereocenters. The van der Waals surface area contributed by atoms with E-state index in [9.17, 15) is 13.2 Å². The molecule has 8 nitrogen and oxygen atoms in total. The minimum absolute atomic E-state index is 0.0369. The molecule has 4 heterocycles. The van der Waals surface area contributed by atoms with E-state index in [4.69, 9.17) is 19.4 Å². The zero-order chi connectivity index (χ0) is 22.5. The highest BCUT2D eigenvalue weighted by Crippen LogP contribution is 2.36. The monoisotopic (exact) mass is 442 g/mol. The molecule has 1 N–H and O–H groups in total. The van der Waals surface area contributed by atoms with E-state index in [2.05, 4.69) is 19.4 Å². The lowest BCUT2D eigenvalue weighted by Gasteiger charge is -2.23. The Morgan fingerprint density at radius 2 is 2.19 bits per heavy atom. The molecule has 0 saturated carbocycles. The minimum Gasteiger partial charge on any atom is -0.475 e. The largest absolute Gasteiger partial charge is 0.490 e. The number of likely N-dealkylation sites (tertiary alicyclic amines) is 1. The zero-order valence-corrected chi connectivity index (χ0v) is 17.1. The molecule has 31 heavy (non-hydrogen) atoms. The summed E-state index contributed by atoms with van der Waals surface area (Å²) in [7, 11) is 2.04. The fourth-order valence-electron chi connectivity index (χ4n) is 3.70. The van der Waals surface area contributed by atoms with Gasteiger partial charge in [-0.3, -0.25) is 9.88 Å². The predicted molar refractivity (Wildman–Crippen MR) is 103 cm³/mol. The Morgan fingerprint density at radius 3 is 2.81 bits per heavy atom. The third-order valence-electron chi connectivity index (χ3n) is 5.31. The van der Waals surface area contributed by atoms with Crippen LogP contribution in [0.3, 0.4) is 0 Å². The molecule has 4 rings (SSSR count). The van der Waals surface area contributed by atoms with Crippen LogP contribution in [-0.2, 0) is 34.5 Å². The lowest BCUT2D eigenvalue weighted by atomic mass is 9.98. The topological polar surface area (TPSA) is 89.7 Å². The number of hydrogen-bond donors (Lipinski definition) is 1. The normalized spacial score (nSPS) is 23.7. The van der Waals surface area contributed by atoms with Crippen LogP contribution in [0.2, 0.25) is 0 Å². The van der Waals surface area contributed by atoms with Gasteiger partial charge < -0.3 is 19.1 Å².